The number of amides is 2. The van der Waals surface area contributed by atoms with Gasteiger partial charge in [-0.15, -0.1) is 0 Å². The van der Waals surface area contributed by atoms with E-state index in [1.165, 1.54) is 4.90 Å². The van der Waals surface area contributed by atoms with Gasteiger partial charge in [0.1, 0.15) is 24.2 Å². The first-order valence-corrected chi connectivity index (χ1v) is 11.8. The normalized spacial score (nSPS) is 37.0. The molecular weight excluding hydrogens is 412 g/mol. The van der Waals surface area contributed by atoms with E-state index in [1.807, 2.05) is 19.1 Å². The second kappa shape index (κ2) is 8.63. The van der Waals surface area contributed by atoms with E-state index in [0.717, 1.165) is 19.3 Å². The number of carbonyl (C=O) groups excluding carboxylic acids is 3. The Morgan fingerprint density at radius 3 is 2.59 bits per heavy atom. The number of aliphatic hydroxyl groups is 1. The highest BCUT2D eigenvalue weighted by Crippen LogP contribution is 2.57. The molecule has 0 aromatic carbocycles. The number of hydrogen-bond acceptors (Lipinski definition) is 6. The number of hydrogen-bond donors (Lipinski definition) is 1. The van der Waals surface area contributed by atoms with Crippen molar-refractivity contribution in [1.82, 2.24) is 9.80 Å². The summed E-state index contributed by atoms with van der Waals surface area (Å²) < 4.78 is 12.0. The number of unbranched alkanes of at least 4 members (excludes halogenated alkanes) is 2. The lowest BCUT2D eigenvalue weighted by Crippen LogP contribution is -2.58. The molecule has 1 spiro atoms. The minimum Gasteiger partial charge on any atom is -0.461 e. The summed E-state index contributed by atoms with van der Waals surface area (Å²) in [7, 11) is 0. The van der Waals surface area contributed by atoms with Crippen molar-refractivity contribution in [2.45, 2.75) is 69.7 Å². The van der Waals surface area contributed by atoms with Crippen LogP contribution >= 0.6 is 0 Å². The second-order valence-corrected chi connectivity index (χ2v) is 9.41. The number of cyclic esters (lactones) is 1. The summed E-state index contributed by atoms with van der Waals surface area (Å²) in [4.78, 5) is 44.1. The van der Waals surface area contributed by atoms with Crippen LogP contribution in [0, 0.1) is 11.8 Å². The van der Waals surface area contributed by atoms with Gasteiger partial charge in [-0.1, -0.05) is 44.9 Å². The standard InChI is InChI=1S/C24H34N2O6/c1-4-6-7-12-25-13-8-11-24-17(18-22(30)31-14-9-10-23(18,3)32-24)20(28)26(16(5-2)15-27)19(24)21(25)29/h8-11,16-19,27H,4-7,12-15H2,1-3H3/t16-,17-,18+,19?,23-,24-/m0/s1. The number of aliphatic hydroxyl groups excluding tert-OH is 1. The maximum absolute atomic E-state index is 13.9. The van der Waals surface area contributed by atoms with Gasteiger partial charge in [0.15, 0.2) is 0 Å². The molecule has 4 aliphatic rings. The van der Waals surface area contributed by atoms with Gasteiger partial charge in [-0.05, 0) is 25.8 Å². The van der Waals surface area contributed by atoms with E-state index in [-0.39, 0.29) is 25.0 Å². The molecule has 1 N–H and O–H groups in total. The molecule has 6 atom stereocenters. The molecule has 1 unspecified atom stereocenters. The Kier molecular flexibility index (Phi) is 6.20. The third-order valence-corrected chi connectivity index (χ3v) is 7.44. The Hall–Kier alpha value is -2.19. The fourth-order valence-corrected chi connectivity index (χ4v) is 5.90. The first-order valence-electron chi connectivity index (χ1n) is 11.8. The summed E-state index contributed by atoms with van der Waals surface area (Å²) in [6, 6.07) is -1.46. The molecule has 0 aromatic rings. The van der Waals surface area contributed by atoms with Crippen molar-refractivity contribution in [1.29, 1.82) is 0 Å². The van der Waals surface area contributed by atoms with Gasteiger partial charge in [0.05, 0.1) is 24.2 Å². The van der Waals surface area contributed by atoms with E-state index in [9.17, 15) is 19.5 Å². The van der Waals surface area contributed by atoms with Gasteiger partial charge in [0.2, 0.25) is 11.8 Å². The molecular formula is C24H34N2O6. The topological polar surface area (TPSA) is 96.4 Å². The van der Waals surface area contributed by atoms with E-state index in [1.54, 1.807) is 24.0 Å². The zero-order valence-corrected chi connectivity index (χ0v) is 19.2. The van der Waals surface area contributed by atoms with Crippen molar-refractivity contribution in [3.8, 4) is 0 Å². The van der Waals surface area contributed by atoms with Gasteiger partial charge in [0, 0.05) is 13.1 Å². The number of carbonyl (C=O) groups is 3. The van der Waals surface area contributed by atoms with Crippen LogP contribution < -0.4 is 0 Å². The monoisotopic (exact) mass is 446 g/mol. The second-order valence-electron chi connectivity index (χ2n) is 9.41. The van der Waals surface area contributed by atoms with E-state index < -0.39 is 41.1 Å². The largest absolute Gasteiger partial charge is 0.461 e. The van der Waals surface area contributed by atoms with Crippen LogP contribution in [0.15, 0.2) is 24.3 Å². The van der Waals surface area contributed by atoms with Gasteiger partial charge >= 0.3 is 5.97 Å². The van der Waals surface area contributed by atoms with Crippen molar-refractivity contribution < 1.29 is 29.0 Å². The summed E-state index contributed by atoms with van der Waals surface area (Å²) in [6.45, 7) is 6.65. The lowest BCUT2D eigenvalue weighted by atomic mass is 9.75. The number of esters is 1. The fraction of sp³-hybridized carbons (Fsp3) is 0.708. The Balaban J connectivity index is 1.82. The third kappa shape index (κ3) is 3.30. The predicted molar refractivity (Wildman–Crippen MR) is 116 cm³/mol. The van der Waals surface area contributed by atoms with Crippen LogP contribution in [-0.4, -0.2) is 82.3 Å². The summed E-state index contributed by atoms with van der Waals surface area (Å²) in [5, 5.41) is 10.1. The van der Waals surface area contributed by atoms with E-state index in [2.05, 4.69) is 6.92 Å². The van der Waals surface area contributed by atoms with Crippen molar-refractivity contribution in [2.75, 3.05) is 26.3 Å². The van der Waals surface area contributed by atoms with Crippen molar-refractivity contribution in [2.24, 2.45) is 11.8 Å². The summed E-state index contributed by atoms with van der Waals surface area (Å²) in [6.07, 6.45) is 10.6. The number of likely N-dealkylation sites (tertiary alicyclic amines) is 1. The number of ether oxygens (including phenoxy) is 2. The Labute approximate surface area is 189 Å². The number of fused-ring (bicyclic) bond motifs is 2. The molecule has 2 fully saturated rings. The highest BCUT2D eigenvalue weighted by atomic mass is 16.6. The molecule has 176 valence electrons. The van der Waals surface area contributed by atoms with Gasteiger partial charge < -0.3 is 24.4 Å². The van der Waals surface area contributed by atoms with Gasteiger partial charge in [-0.2, -0.15) is 0 Å². The Bertz CT molecular complexity index is 836. The fourth-order valence-electron chi connectivity index (χ4n) is 5.90. The quantitative estimate of drug-likeness (QED) is 0.361. The number of rotatable bonds is 7. The van der Waals surface area contributed by atoms with Crippen LogP contribution in [0.4, 0.5) is 0 Å². The molecule has 32 heavy (non-hydrogen) atoms. The highest BCUT2D eigenvalue weighted by molar-refractivity contribution is 5.99. The molecule has 0 bridgehead atoms. The highest BCUT2D eigenvalue weighted by Gasteiger charge is 2.75. The molecule has 2 saturated heterocycles. The van der Waals surface area contributed by atoms with E-state index in [0.29, 0.717) is 19.5 Å². The zero-order chi connectivity index (χ0) is 23.1. The smallest absolute Gasteiger partial charge is 0.313 e. The molecule has 0 aliphatic carbocycles. The first kappa shape index (κ1) is 23.0. The van der Waals surface area contributed by atoms with Crippen LogP contribution in [0.5, 0.6) is 0 Å². The minimum atomic E-state index is -1.28. The average Bonchev–Trinajstić information content (AvgIpc) is 3.03. The molecule has 0 saturated carbocycles. The first-order chi connectivity index (χ1) is 15.3. The molecule has 0 aromatic heterocycles. The average molecular weight is 447 g/mol. The third-order valence-electron chi connectivity index (χ3n) is 7.44. The van der Waals surface area contributed by atoms with E-state index >= 15 is 0 Å². The van der Waals surface area contributed by atoms with Gasteiger partial charge in [-0.25, -0.2) is 0 Å². The maximum Gasteiger partial charge on any atom is 0.313 e. The molecule has 8 nitrogen and oxygen atoms in total. The van der Waals surface area contributed by atoms with Crippen LogP contribution in [0.3, 0.4) is 0 Å². The molecule has 8 heteroatoms. The lowest BCUT2D eigenvalue weighted by molar-refractivity contribution is -0.159. The van der Waals surface area contributed by atoms with Crippen LogP contribution in [-0.2, 0) is 23.9 Å². The SMILES string of the molecule is CCCCCN1CC=C[C@]23O[C@@]4(C)C=CCOC(=O)[C@H]4[C@H]2C(=O)N([C@@H](CC)CO)C3C1=O. The lowest BCUT2D eigenvalue weighted by Gasteiger charge is -2.39. The number of nitrogens with zero attached hydrogens (tertiary/aromatic N) is 2. The zero-order valence-electron chi connectivity index (χ0n) is 19.2. The van der Waals surface area contributed by atoms with E-state index in [4.69, 9.17) is 9.47 Å². The Morgan fingerprint density at radius 1 is 1.12 bits per heavy atom. The van der Waals surface area contributed by atoms with Crippen molar-refractivity contribution >= 4 is 17.8 Å². The summed E-state index contributed by atoms with van der Waals surface area (Å²) in [5.74, 6) is -2.75. The van der Waals surface area contributed by atoms with Crippen molar-refractivity contribution in [3.63, 3.8) is 0 Å². The predicted octanol–water partition coefficient (Wildman–Crippen LogP) is 1.43. The van der Waals surface area contributed by atoms with Crippen LogP contribution in [0.2, 0.25) is 0 Å². The molecule has 4 rings (SSSR count). The van der Waals surface area contributed by atoms with Crippen LogP contribution in [0.25, 0.3) is 0 Å². The molecule has 0 radical (unpaired) electrons. The van der Waals surface area contributed by atoms with Crippen LogP contribution in [0.1, 0.15) is 46.5 Å². The van der Waals surface area contributed by atoms with Crippen molar-refractivity contribution in [3.05, 3.63) is 24.3 Å². The molecule has 4 aliphatic heterocycles. The summed E-state index contributed by atoms with van der Waals surface area (Å²) >= 11 is 0. The summed E-state index contributed by atoms with van der Waals surface area (Å²) in [5.41, 5.74) is -2.34. The molecule has 4 heterocycles. The molecule has 2 amide bonds. The minimum absolute atomic E-state index is 0.129. The van der Waals surface area contributed by atoms with Gasteiger partial charge in [0.25, 0.3) is 0 Å². The van der Waals surface area contributed by atoms with Gasteiger partial charge in [-0.3, -0.25) is 14.4 Å². The maximum atomic E-state index is 13.9. The Morgan fingerprint density at radius 2 is 1.91 bits per heavy atom.